The fourth-order valence-electron chi connectivity index (χ4n) is 2.12. The minimum atomic E-state index is -1.01. The Labute approximate surface area is 123 Å². The highest BCUT2D eigenvalue weighted by atomic mass is 32.1. The lowest BCUT2D eigenvalue weighted by Crippen LogP contribution is -2.12. The van der Waals surface area contributed by atoms with Gasteiger partial charge >= 0.3 is 0 Å². The van der Waals surface area contributed by atoms with Crippen LogP contribution in [-0.2, 0) is 0 Å². The Bertz CT molecular complexity index is 670. The second-order valence-electron chi connectivity index (χ2n) is 4.68. The zero-order valence-electron chi connectivity index (χ0n) is 10.9. The molecule has 1 amide bonds. The first-order valence-corrected chi connectivity index (χ1v) is 7.28. The SMILES string of the molecule is O=C(Nc1ccc(F)c(F)c1)c1nnc(C2CCCN2)s1. The van der Waals surface area contributed by atoms with E-state index in [-0.39, 0.29) is 16.7 Å². The van der Waals surface area contributed by atoms with Gasteiger partial charge in [-0.15, -0.1) is 10.2 Å². The predicted molar refractivity (Wildman–Crippen MR) is 74.2 cm³/mol. The quantitative estimate of drug-likeness (QED) is 0.914. The smallest absolute Gasteiger partial charge is 0.286 e. The van der Waals surface area contributed by atoms with E-state index in [0.717, 1.165) is 36.5 Å². The van der Waals surface area contributed by atoms with Gasteiger partial charge in [0, 0.05) is 11.8 Å². The van der Waals surface area contributed by atoms with Gasteiger partial charge in [-0.2, -0.15) is 0 Å². The van der Waals surface area contributed by atoms with E-state index < -0.39 is 17.5 Å². The first-order chi connectivity index (χ1) is 10.1. The number of aromatic nitrogens is 2. The molecule has 2 aromatic rings. The van der Waals surface area contributed by atoms with Gasteiger partial charge in [-0.25, -0.2) is 8.78 Å². The van der Waals surface area contributed by atoms with Crippen LogP contribution in [0, 0.1) is 11.6 Å². The van der Waals surface area contributed by atoms with Crippen molar-refractivity contribution in [2.45, 2.75) is 18.9 Å². The van der Waals surface area contributed by atoms with Crippen LogP contribution in [0.15, 0.2) is 18.2 Å². The average molecular weight is 310 g/mol. The molecule has 0 bridgehead atoms. The normalized spacial score (nSPS) is 17.9. The summed E-state index contributed by atoms with van der Waals surface area (Å²) in [6, 6.07) is 3.32. The number of carbonyl (C=O) groups excluding carboxylic acids is 1. The van der Waals surface area contributed by atoms with E-state index in [4.69, 9.17) is 0 Å². The van der Waals surface area contributed by atoms with E-state index in [1.807, 2.05) is 0 Å². The van der Waals surface area contributed by atoms with Crippen molar-refractivity contribution in [2.24, 2.45) is 0 Å². The van der Waals surface area contributed by atoms with Crippen molar-refractivity contribution < 1.29 is 13.6 Å². The summed E-state index contributed by atoms with van der Waals surface area (Å²) in [4.78, 5) is 12.0. The fraction of sp³-hybridized carbons (Fsp3) is 0.308. The van der Waals surface area contributed by atoms with Crippen LogP contribution < -0.4 is 10.6 Å². The van der Waals surface area contributed by atoms with Crippen LogP contribution in [-0.4, -0.2) is 22.6 Å². The number of hydrogen-bond acceptors (Lipinski definition) is 5. The highest BCUT2D eigenvalue weighted by molar-refractivity contribution is 7.13. The molecule has 1 atom stereocenters. The molecule has 1 aliphatic rings. The Morgan fingerprint density at radius 1 is 1.33 bits per heavy atom. The van der Waals surface area contributed by atoms with E-state index in [2.05, 4.69) is 20.8 Å². The number of amides is 1. The monoisotopic (exact) mass is 310 g/mol. The number of nitrogens with one attached hydrogen (secondary N) is 2. The molecule has 1 aliphatic heterocycles. The molecule has 2 N–H and O–H groups in total. The largest absolute Gasteiger partial charge is 0.320 e. The summed E-state index contributed by atoms with van der Waals surface area (Å²) in [5, 5.41) is 14.6. The summed E-state index contributed by atoms with van der Waals surface area (Å²) in [6.45, 7) is 0.931. The summed E-state index contributed by atoms with van der Waals surface area (Å²) in [5.74, 6) is -2.46. The maximum atomic E-state index is 13.1. The second kappa shape index (κ2) is 5.82. The predicted octanol–water partition coefficient (Wildman–Crippen LogP) is 2.49. The van der Waals surface area contributed by atoms with Crippen molar-refractivity contribution in [3.8, 4) is 0 Å². The zero-order valence-corrected chi connectivity index (χ0v) is 11.7. The zero-order chi connectivity index (χ0) is 14.8. The van der Waals surface area contributed by atoms with Gasteiger partial charge in [0.1, 0.15) is 5.01 Å². The molecule has 1 aromatic heterocycles. The van der Waals surface area contributed by atoms with Crippen LogP contribution in [0.2, 0.25) is 0 Å². The first-order valence-electron chi connectivity index (χ1n) is 6.46. The average Bonchev–Trinajstić information content (AvgIpc) is 3.12. The van der Waals surface area contributed by atoms with Gasteiger partial charge in [0.05, 0.1) is 6.04 Å². The minimum Gasteiger partial charge on any atom is -0.320 e. The van der Waals surface area contributed by atoms with Crippen LogP contribution in [0.1, 0.15) is 33.7 Å². The number of carbonyl (C=O) groups is 1. The Morgan fingerprint density at radius 3 is 2.90 bits per heavy atom. The van der Waals surface area contributed by atoms with E-state index >= 15 is 0 Å². The lowest BCUT2D eigenvalue weighted by atomic mass is 10.2. The lowest BCUT2D eigenvalue weighted by molar-refractivity contribution is 0.102. The Morgan fingerprint density at radius 2 is 2.19 bits per heavy atom. The van der Waals surface area contributed by atoms with Crippen molar-refractivity contribution >= 4 is 22.9 Å². The van der Waals surface area contributed by atoms with Crippen LogP contribution in [0.4, 0.5) is 14.5 Å². The summed E-state index contributed by atoms with van der Waals surface area (Å²) in [5.41, 5.74) is 0.176. The number of nitrogens with zero attached hydrogens (tertiary/aromatic N) is 2. The summed E-state index contributed by atoms with van der Waals surface area (Å²) in [7, 11) is 0. The number of hydrogen-bond donors (Lipinski definition) is 2. The van der Waals surface area contributed by atoms with Crippen molar-refractivity contribution in [3.63, 3.8) is 0 Å². The third-order valence-electron chi connectivity index (χ3n) is 3.17. The van der Waals surface area contributed by atoms with Crippen LogP contribution in [0.25, 0.3) is 0 Å². The Hall–Kier alpha value is -1.93. The first kappa shape index (κ1) is 14.0. The van der Waals surface area contributed by atoms with Crippen LogP contribution >= 0.6 is 11.3 Å². The van der Waals surface area contributed by atoms with E-state index in [0.29, 0.717) is 0 Å². The molecule has 1 saturated heterocycles. The molecule has 110 valence electrons. The standard InChI is InChI=1S/C13H12F2N4OS/c14-8-4-3-7(6-9(8)15)17-11(20)13-19-18-12(21-13)10-2-1-5-16-10/h3-4,6,10,16H,1-2,5H2,(H,17,20). The highest BCUT2D eigenvalue weighted by Crippen LogP contribution is 2.26. The van der Waals surface area contributed by atoms with Crippen molar-refractivity contribution in [1.82, 2.24) is 15.5 Å². The van der Waals surface area contributed by atoms with Crippen molar-refractivity contribution in [2.75, 3.05) is 11.9 Å². The van der Waals surface area contributed by atoms with E-state index in [1.54, 1.807) is 0 Å². The molecular weight excluding hydrogens is 298 g/mol. The highest BCUT2D eigenvalue weighted by Gasteiger charge is 2.22. The second-order valence-corrected chi connectivity index (χ2v) is 5.69. The molecule has 0 radical (unpaired) electrons. The van der Waals surface area contributed by atoms with E-state index in [1.165, 1.54) is 17.4 Å². The lowest BCUT2D eigenvalue weighted by Gasteiger charge is -2.04. The molecule has 0 aliphatic carbocycles. The summed E-state index contributed by atoms with van der Waals surface area (Å²) >= 11 is 1.20. The number of rotatable bonds is 3. The molecule has 3 rings (SSSR count). The van der Waals surface area contributed by atoms with E-state index in [9.17, 15) is 13.6 Å². The van der Waals surface area contributed by atoms with Gasteiger partial charge in [-0.05, 0) is 31.5 Å². The van der Waals surface area contributed by atoms with Gasteiger partial charge in [0.25, 0.3) is 5.91 Å². The van der Waals surface area contributed by atoms with Crippen LogP contribution in [0.5, 0.6) is 0 Å². The molecule has 8 heteroatoms. The van der Waals surface area contributed by atoms with Gasteiger partial charge in [-0.3, -0.25) is 4.79 Å². The molecule has 2 heterocycles. The molecule has 1 aromatic carbocycles. The maximum absolute atomic E-state index is 13.1. The van der Waals surface area contributed by atoms with Gasteiger partial charge in [0.2, 0.25) is 5.01 Å². The Balaban J connectivity index is 1.71. The number of benzene rings is 1. The fourth-order valence-corrected chi connectivity index (χ4v) is 2.97. The molecule has 0 saturated carbocycles. The summed E-state index contributed by atoms with van der Waals surface area (Å²) < 4.78 is 25.9. The van der Waals surface area contributed by atoms with Gasteiger partial charge in [0.15, 0.2) is 11.6 Å². The molecular formula is C13H12F2N4OS. The molecule has 1 unspecified atom stereocenters. The topological polar surface area (TPSA) is 66.9 Å². The van der Waals surface area contributed by atoms with Gasteiger partial charge in [-0.1, -0.05) is 11.3 Å². The number of halogens is 2. The molecule has 5 nitrogen and oxygen atoms in total. The Kier molecular flexibility index (Phi) is 3.89. The molecule has 1 fully saturated rings. The van der Waals surface area contributed by atoms with Gasteiger partial charge < -0.3 is 10.6 Å². The third kappa shape index (κ3) is 3.06. The molecule has 0 spiro atoms. The molecule has 21 heavy (non-hydrogen) atoms. The van der Waals surface area contributed by atoms with Crippen LogP contribution in [0.3, 0.4) is 0 Å². The summed E-state index contributed by atoms with van der Waals surface area (Å²) in [6.07, 6.45) is 2.04. The number of anilines is 1. The van der Waals surface area contributed by atoms with Crippen molar-refractivity contribution in [3.05, 3.63) is 39.8 Å². The maximum Gasteiger partial charge on any atom is 0.286 e. The minimum absolute atomic E-state index is 0.146. The van der Waals surface area contributed by atoms with Crippen molar-refractivity contribution in [1.29, 1.82) is 0 Å². The third-order valence-corrected chi connectivity index (χ3v) is 4.21.